The first kappa shape index (κ1) is 14.4. The quantitative estimate of drug-likeness (QED) is 0.721. The molecule has 0 saturated heterocycles. The van der Waals surface area contributed by atoms with E-state index in [0.717, 1.165) is 5.76 Å². The number of carbonyl (C=O) groups is 1. The SMILES string of the molecule is CN(C)C(=O)c1cc2c(NCc3ccco3)nc(Cl)nc2[nH]1. The Balaban J connectivity index is 1.96. The van der Waals surface area contributed by atoms with Crippen molar-refractivity contribution >= 4 is 34.4 Å². The summed E-state index contributed by atoms with van der Waals surface area (Å²) in [6, 6.07) is 5.37. The third kappa shape index (κ3) is 2.75. The Hall–Kier alpha value is -2.54. The lowest BCUT2D eigenvalue weighted by molar-refractivity contribution is 0.0823. The first-order valence-electron chi connectivity index (χ1n) is 6.59. The van der Waals surface area contributed by atoms with E-state index >= 15 is 0 Å². The highest BCUT2D eigenvalue weighted by molar-refractivity contribution is 6.28. The van der Waals surface area contributed by atoms with Gasteiger partial charge in [0, 0.05) is 14.1 Å². The predicted molar refractivity (Wildman–Crippen MR) is 83.0 cm³/mol. The van der Waals surface area contributed by atoms with Crippen molar-refractivity contribution in [2.45, 2.75) is 6.54 Å². The van der Waals surface area contributed by atoms with Gasteiger partial charge in [-0.3, -0.25) is 4.79 Å². The molecule has 2 N–H and O–H groups in total. The van der Waals surface area contributed by atoms with Crippen molar-refractivity contribution in [3.8, 4) is 0 Å². The van der Waals surface area contributed by atoms with Crippen LogP contribution in [0.4, 0.5) is 5.82 Å². The Bertz CT molecular complexity index is 810. The zero-order chi connectivity index (χ0) is 15.7. The molecule has 0 saturated carbocycles. The van der Waals surface area contributed by atoms with Gasteiger partial charge in [0.15, 0.2) is 0 Å². The van der Waals surface area contributed by atoms with Crippen LogP contribution in [0.2, 0.25) is 5.28 Å². The van der Waals surface area contributed by atoms with Crippen LogP contribution in [0.1, 0.15) is 16.2 Å². The van der Waals surface area contributed by atoms with Crippen LogP contribution in [0.3, 0.4) is 0 Å². The van der Waals surface area contributed by atoms with Crippen LogP contribution in [-0.2, 0) is 6.54 Å². The summed E-state index contributed by atoms with van der Waals surface area (Å²) in [6.45, 7) is 0.456. The number of hydrogen-bond acceptors (Lipinski definition) is 5. The van der Waals surface area contributed by atoms with E-state index in [2.05, 4.69) is 20.3 Å². The monoisotopic (exact) mass is 319 g/mol. The van der Waals surface area contributed by atoms with Crippen LogP contribution in [0, 0.1) is 0 Å². The van der Waals surface area contributed by atoms with Crippen LogP contribution in [-0.4, -0.2) is 39.9 Å². The maximum absolute atomic E-state index is 12.0. The molecule has 0 aliphatic carbocycles. The second-order valence-electron chi connectivity index (χ2n) is 4.92. The van der Waals surface area contributed by atoms with Crippen molar-refractivity contribution < 1.29 is 9.21 Å². The summed E-state index contributed by atoms with van der Waals surface area (Å²) in [7, 11) is 3.37. The molecule has 0 atom stereocenters. The predicted octanol–water partition coefficient (Wildman–Crippen LogP) is 2.52. The number of aromatic amines is 1. The number of amides is 1. The normalized spacial score (nSPS) is 10.9. The van der Waals surface area contributed by atoms with Crippen LogP contribution < -0.4 is 5.32 Å². The lowest BCUT2D eigenvalue weighted by Gasteiger charge is -2.07. The van der Waals surface area contributed by atoms with E-state index in [1.165, 1.54) is 4.90 Å². The van der Waals surface area contributed by atoms with Crippen LogP contribution in [0.25, 0.3) is 11.0 Å². The lowest BCUT2D eigenvalue weighted by atomic mass is 10.3. The summed E-state index contributed by atoms with van der Waals surface area (Å²) < 4.78 is 5.26. The highest BCUT2D eigenvalue weighted by Crippen LogP contribution is 2.24. The molecule has 3 aromatic heterocycles. The summed E-state index contributed by atoms with van der Waals surface area (Å²) in [4.78, 5) is 24.8. The molecule has 3 heterocycles. The van der Waals surface area contributed by atoms with Gasteiger partial charge < -0.3 is 19.6 Å². The van der Waals surface area contributed by atoms with Crippen molar-refractivity contribution in [2.24, 2.45) is 0 Å². The van der Waals surface area contributed by atoms with Crippen molar-refractivity contribution in [2.75, 3.05) is 19.4 Å². The average molecular weight is 320 g/mol. The summed E-state index contributed by atoms with van der Waals surface area (Å²) in [5, 5.41) is 3.93. The first-order chi connectivity index (χ1) is 10.5. The number of aromatic nitrogens is 3. The molecular weight excluding hydrogens is 306 g/mol. The molecule has 0 aliphatic heterocycles. The molecule has 0 radical (unpaired) electrons. The molecule has 0 aromatic carbocycles. The number of nitrogens with zero attached hydrogens (tertiary/aromatic N) is 3. The third-order valence-electron chi connectivity index (χ3n) is 3.11. The first-order valence-corrected chi connectivity index (χ1v) is 6.96. The molecule has 0 aliphatic rings. The molecule has 114 valence electrons. The summed E-state index contributed by atoms with van der Waals surface area (Å²) >= 11 is 5.93. The van der Waals surface area contributed by atoms with Crippen LogP contribution in [0.15, 0.2) is 28.9 Å². The zero-order valence-corrected chi connectivity index (χ0v) is 12.8. The molecule has 22 heavy (non-hydrogen) atoms. The van der Waals surface area contributed by atoms with Crippen molar-refractivity contribution in [3.05, 3.63) is 41.2 Å². The number of fused-ring (bicyclic) bond motifs is 1. The minimum absolute atomic E-state index is 0.0974. The number of rotatable bonds is 4. The Morgan fingerprint density at radius 2 is 2.27 bits per heavy atom. The molecular formula is C14H14ClN5O2. The molecule has 3 aromatic rings. The van der Waals surface area contributed by atoms with Gasteiger partial charge in [-0.2, -0.15) is 4.98 Å². The number of hydrogen-bond donors (Lipinski definition) is 2. The molecule has 0 spiro atoms. The molecule has 0 fully saturated rings. The fourth-order valence-corrected chi connectivity index (χ4v) is 2.23. The van der Waals surface area contributed by atoms with E-state index in [1.54, 1.807) is 26.4 Å². The van der Waals surface area contributed by atoms with Gasteiger partial charge in [0.2, 0.25) is 5.28 Å². The van der Waals surface area contributed by atoms with Gasteiger partial charge in [-0.25, -0.2) is 4.98 Å². The van der Waals surface area contributed by atoms with E-state index < -0.39 is 0 Å². The Labute approximate surface area is 131 Å². The second kappa shape index (κ2) is 5.69. The fourth-order valence-electron chi connectivity index (χ4n) is 2.06. The van der Waals surface area contributed by atoms with Crippen molar-refractivity contribution in [1.82, 2.24) is 19.9 Å². The third-order valence-corrected chi connectivity index (χ3v) is 3.28. The summed E-state index contributed by atoms with van der Waals surface area (Å²) in [5.74, 6) is 1.16. The van der Waals surface area contributed by atoms with Gasteiger partial charge in [0.25, 0.3) is 5.91 Å². The van der Waals surface area contributed by atoms with E-state index in [4.69, 9.17) is 16.0 Å². The molecule has 0 bridgehead atoms. The van der Waals surface area contributed by atoms with Gasteiger partial charge in [0.1, 0.15) is 22.9 Å². The Morgan fingerprint density at radius 3 is 2.95 bits per heavy atom. The topological polar surface area (TPSA) is 87.1 Å². The average Bonchev–Trinajstić information content (AvgIpc) is 3.12. The minimum Gasteiger partial charge on any atom is -0.467 e. The standard InChI is InChI=1S/C14H14ClN5O2/c1-20(2)13(21)10-6-9-11(16-7-8-4-3-5-22-8)18-14(15)19-12(9)17-10/h3-6H,7H2,1-2H3,(H2,16,17,18,19). The highest BCUT2D eigenvalue weighted by atomic mass is 35.5. The van der Waals surface area contributed by atoms with E-state index in [-0.39, 0.29) is 11.2 Å². The van der Waals surface area contributed by atoms with Gasteiger partial charge in [-0.15, -0.1) is 0 Å². The maximum Gasteiger partial charge on any atom is 0.269 e. The summed E-state index contributed by atoms with van der Waals surface area (Å²) in [5.41, 5.74) is 0.935. The van der Waals surface area contributed by atoms with Gasteiger partial charge in [0.05, 0.1) is 18.2 Å². The maximum atomic E-state index is 12.0. The van der Waals surface area contributed by atoms with Gasteiger partial charge >= 0.3 is 0 Å². The fraction of sp³-hybridized carbons (Fsp3) is 0.214. The molecule has 0 unspecified atom stereocenters. The van der Waals surface area contributed by atoms with E-state index in [9.17, 15) is 4.79 Å². The number of nitrogens with one attached hydrogen (secondary N) is 2. The van der Waals surface area contributed by atoms with Crippen LogP contribution >= 0.6 is 11.6 Å². The molecule has 3 rings (SSSR count). The molecule has 8 heteroatoms. The number of H-pyrrole nitrogens is 1. The lowest BCUT2D eigenvalue weighted by Crippen LogP contribution is -2.21. The molecule has 1 amide bonds. The largest absolute Gasteiger partial charge is 0.467 e. The molecule has 7 nitrogen and oxygen atoms in total. The minimum atomic E-state index is -0.147. The van der Waals surface area contributed by atoms with Gasteiger partial charge in [-0.05, 0) is 29.8 Å². The van der Waals surface area contributed by atoms with Gasteiger partial charge in [-0.1, -0.05) is 0 Å². The van der Waals surface area contributed by atoms with E-state index in [1.807, 2.05) is 12.1 Å². The van der Waals surface area contributed by atoms with Crippen LogP contribution in [0.5, 0.6) is 0 Å². The summed E-state index contributed by atoms with van der Waals surface area (Å²) in [6.07, 6.45) is 1.60. The smallest absolute Gasteiger partial charge is 0.269 e. The Kier molecular flexibility index (Phi) is 3.72. The number of halogens is 1. The van der Waals surface area contributed by atoms with E-state index in [0.29, 0.717) is 29.1 Å². The number of anilines is 1. The zero-order valence-electron chi connectivity index (χ0n) is 12.1. The number of carbonyl (C=O) groups excluding carboxylic acids is 1. The second-order valence-corrected chi connectivity index (χ2v) is 5.26. The Morgan fingerprint density at radius 1 is 1.45 bits per heavy atom. The highest BCUT2D eigenvalue weighted by Gasteiger charge is 2.16. The van der Waals surface area contributed by atoms with Crippen molar-refractivity contribution in [1.29, 1.82) is 0 Å². The number of furan rings is 1. The van der Waals surface area contributed by atoms with Crippen molar-refractivity contribution in [3.63, 3.8) is 0 Å².